The highest BCUT2D eigenvalue weighted by Gasteiger charge is 2.17. The number of carbonyl (C=O) groups excluding carboxylic acids is 3. The summed E-state index contributed by atoms with van der Waals surface area (Å²) in [5.74, 6) is -1.19. The minimum Gasteiger partial charge on any atom is -0.321 e. The maximum atomic E-state index is 14.5. The first kappa shape index (κ1) is 30.3. The summed E-state index contributed by atoms with van der Waals surface area (Å²) in [7, 11) is 0. The van der Waals surface area contributed by atoms with Crippen LogP contribution in [0.15, 0.2) is 88.5 Å². The van der Waals surface area contributed by atoms with Crippen LogP contribution in [-0.4, -0.2) is 38.6 Å². The van der Waals surface area contributed by atoms with Crippen molar-refractivity contribution in [3.8, 4) is 0 Å². The van der Waals surface area contributed by atoms with Crippen LogP contribution in [0.3, 0.4) is 0 Å². The Morgan fingerprint density at radius 1 is 1.00 bits per heavy atom. The summed E-state index contributed by atoms with van der Waals surface area (Å²) in [5, 5.41) is 9.14. The zero-order valence-electron chi connectivity index (χ0n) is 21.5. The van der Waals surface area contributed by atoms with Gasteiger partial charge in [-0.25, -0.2) is 4.39 Å². The van der Waals surface area contributed by atoms with Gasteiger partial charge in [0.25, 0.3) is 11.8 Å². The van der Waals surface area contributed by atoms with Crippen LogP contribution in [0.4, 0.5) is 15.2 Å². The van der Waals surface area contributed by atoms with Crippen LogP contribution in [-0.2, 0) is 9.59 Å². The Kier molecular flexibility index (Phi) is 10.9. The van der Waals surface area contributed by atoms with Crippen molar-refractivity contribution < 1.29 is 18.8 Å². The first-order chi connectivity index (χ1) is 19.8. The van der Waals surface area contributed by atoms with E-state index in [1.165, 1.54) is 47.8 Å². The minimum atomic E-state index is -0.689. The van der Waals surface area contributed by atoms with E-state index in [9.17, 15) is 18.8 Å². The van der Waals surface area contributed by atoms with Crippen LogP contribution in [0.1, 0.15) is 22.8 Å². The number of thioether (sulfide) groups is 2. The lowest BCUT2D eigenvalue weighted by Crippen LogP contribution is -2.30. The first-order valence-electron chi connectivity index (χ1n) is 12.1. The van der Waals surface area contributed by atoms with Gasteiger partial charge in [-0.1, -0.05) is 60.6 Å². The molecule has 4 rings (SSSR count). The van der Waals surface area contributed by atoms with Crippen molar-refractivity contribution in [1.82, 2.24) is 14.7 Å². The molecule has 0 spiro atoms. The predicted molar refractivity (Wildman–Crippen MR) is 164 cm³/mol. The van der Waals surface area contributed by atoms with Crippen molar-refractivity contribution in [2.45, 2.75) is 17.0 Å². The van der Waals surface area contributed by atoms with E-state index in [4.69, 9.17) is 11.6 Å². The molecule has 13 heteroatoms. The van der Waals surface area contributed by atoms with E-state index in [0.717, 1.165) is 17.3 Å². The average Bonchev–Trinajstić information content (AvgIpc) is 3.40. The molecular formula is C28H23ClFN5O3S3. The molecule has 1 heterocycles. The van der Waals surface area contributed by atoms with Crippen molar-refractivity contribution in [3.63, 3.8) is 0 Å². The number of aromatic nitrogens is 2. The molecule has 1 aromatic heterocycles. The summed E-state index contributed by atoms with van der Waals surface area (Å²) in [4.78, 5) is 43.5. The van der Waals surface area contributed by atoms with Crippen molar-refractivity contribution in [2.24, 2.45) is 0 Å². The third kappa shape index (κ3) is 8.89. The number of carbonyl (C=O) groups is 3. The van der Waals surface area contributed by atoms with Crippen LogP contribution in [0.25, 0.3) is 6.08 Å². The van der Waals surface area contributed by atoms with Gasteiger partial charge in [-0.3, -0.25) is 19.7 Å². The van der Waals surface area contributed by atoms with E-state index < -0.39 is 17.6 Å². The monoisotopic (exact) mass is 627 g/mol. The minimum absolute atomic E-state index is 0.0427. The zero-order valence-corrected chi connectivity index (χ0v) is 24.7. The van der Waals surface area contributed by atoms with Crippen LogP contribution in [0.5, 0.6) is 0 Å². The SMILES string of the molecule is CCSc1nsc(NC(=O)CSc2cccc(NC(=O)/C(=C\c3c(F)cccc3Cl)NC(=O)c3ccccc3)c2)n1. The number of hydrogen-bond donors (Lipinski definition) is 3. The molecule has 3 aromatic carbocycles. The van der Waals surface area contributed by atoms with Gasteiger partial charge >= 0.3 is 0 Å². The van der Waals surface area contributed by atoms with Gasteiger partial charge in [0, 0.05) is 33.2 Å². The fourth-order valence-corrected chi connectivity index (χ4v) is 5.61. The van der Waals surface area contributed by atoms with E-state index in [2.05, 4.69) is 25.3 Å². The third-order valence-electron chi connectivity index (χ3n) is 5.21. The van der Waals surface area contributed by atoms with Gasteiger partial charge in [0.2, 0.25) is 16.2 Å². The van der Waals surface area contributed by atoms with Crippen molar-refractivity contribution in [1.29, 1.82) is 0 Å². The smallest absolute Gasteiger partial charge is 0.272 e. The molecule has 0 unspecified atom stereocenters. The standard InChI is InChI=1S/C28H23ClFN5O3S3/c1-2-39-28-34-27(41-35-28)33-24(36)16-40-19-11-6-10-18(14-19)31-26(38)23(15-20-21(29)12-7-13-22(20)30)32-25(37)17-8-4-3-5-9-17/h3-15H,2,16H2,1H3,(H,31,38)(H,32,37)(H,33,34,35,36)/b23-15+. The third-order valence-corrected chi connectivity index (χ3v) is 8.01. The van der Waals surface area contributed by atoms with Gasteiger partial charge in [0.15, 0.2) is 0 Å². The van der Waals surface area contributed by atoms with Gasteiger partial charge in [-0.2, -0.15) is 9.36 Å². The number of rotatable bonds is 11. The molecule has 0 radical (unpaired) electrons. The highest BCUT2D eigenvalue weighted by molar-refractivity contribution is 8.00. The molecule has 0 aliphatic heterocycles. The lowest BCUT2D eigenvalue weighted by Gasteiger charge is -2.13. The van der Waals surface area contributed by atoms with Crippen LogP contribution >= 0.6 is 46.7 Å². The molecule has 41 heavy (non-hydrogen) atoms. The maximum Gasteiger partial charge on any atom is 0.272 e. The number of anilines is 2. The maximum absolute atomic E-state index is 14.5. The van der Waals surface area contributed by atoms with Gasteiger partial charge in [0.05, 0.1) is 10.8 Å². The van der Waals surface area contributed by atoms with E-state index in [1.807, 2.05) is 6.92 Å². The Labute approximate surface area is 253 Å². The first-order valence-corrected chi connectivity index (χ1v) is 15.3. The summed E-state index contributed by atoms with van der Waals surface area (Å²) in [6.07, 6.45) is 1.19. The Hall–Kier alpha value is -3.71. The topological polar surface area (TPSA) is 113 Å². The molecule has 0 saturated heterocycles. The molecule has 8 nitrogen and oxygen atoms in total. The molecule has 3 amide bonds. The summed E-state index contributed by atoms with van der Waals surface area (Å²) >= 11 is 10.0. The van der Waals surface area contributed by atoms with Gasteiger partial charge in [-0.15, -0.1) is 11.8 Å². The number of amides is 3. The number of nitrogens with one attached hydrogen (secondary N) is 3. The highest BCUT2D eigenvalue weighted by atomic mass is 35.5. The van der Waals surface area contributed by atoms with Crippen molar-refractivity contribution in [3.05, 3.63) is 100 Å². The fourth-order valence-electron chi connectivity index (χ4n) is 3.35. The normalized spacial score (nSPS) is 11.1. The van der Waals surface area contributed by atoms with Gasteiger partial charge in [-0.05, 0) is 54.3 Å². The Bertz CT molecular complexity index is 1560. The van der Waals surface area contributed by atoms with E-state index in [-0.39, 0.29) is 27.9 Å². The summed E-state index contributed by atoms with van der Waals surface area (Å²) in [5.41, 5.74) is 0.474. The largest absolute Gasteiger partial charge is 0.321 e. The predicted octanol–water partition coefficient (Wildman–Crippen LogP) is 6.58. The Balaban J connectivity index is 1.46. The molecule has 0 aliphatic carbocycles. The molecule has 3 N–H and O–H groups in total. The molecule has 0 aliphatic rings. The molecule has 4 aromatic rings. The summed E-state index contributed by atoms with van der Waals surface area (Å²) in [6.45, 7) is 1.99. The van der Waals surface area contributed by atoms with Gasteiger partial charge < -0.3 is 10.6 Å². The lowest BCUT2D eigenvalue weighted by atomic mass is 10.1. The molecular weight excluding hydrogens is 605 g/mol. The second-order valence-corrected chi connectivity index (χ2v) is 11.6. The van der Waals surface area contributed by atoms with Crippen LogP contribution < -0.4 is 16.0 Å². The van der Waals surface area contributed by atoms with Crippen molar-refractivity contribution >= 4 is 81.3 Å². The second kappa shape index (κ2) is 14.8. The lowest BCUT2D eigenvalue weighted by molar-refractivity contribution is -0.114. The molecule has 210 valence electrons. The van der Waals surface area contributed by atoms with Crippen LogP contribution in [0.2, 0.25) is 5.02 Å². The number of hydrogen-bond acceptors (Lipinski definition) is 8. The Morgan fingerprint density at radius 2 is 1.78 bits per heavy atom. The summed E-state index contributed by atoms with van der Waals surface area (Å²) in [6, 6.07) is 19.3. The molecule has 0 bridgehead atoms. The molecule has 0 saturated carbocycles. The fraction of sp³-hybridized carbons (Fsp3) is 0.107. The highest BCUT2D eigenvalue weighted by Crippen LogP contribution is 2.25. The van der Waals surface area contributed by atoms with E-state index in [0.29, 0.717) is 26.4 Å². The van der Waals surface area contributed by atoms with E-state index in [1.54, 1.807) is 54.6 Å². The van der Waals surface area contributed by atoms with Crippen LogP contribution in [0, 0.1) is 5.82 Å². The second-order valence-electron chi connectivity index (χ2n) is 8.15. The average molecular weight is 628 g/mol. The Morgan fingerprint density at radius 3 is 2.54 bits per heavy atom. The number of halogens is 2. The molecule has 0 fully saturated rings. The summed E-state index contributed by atoms with van der Waals surface area (Å²) < 4.78 is 18.7. The van der Waals surface area contributed by atoms with E-state index >= 15 is 0 Å². The number of benzene rings is 3. The van der Waals surface area contributed by atoms with Crippen molar-refractivity contribution in [2.75, 3.05) is 22.1 Å². The molecule has 0 atom stereocenters. The van der Waals surface area contributed by atoms with Gasteiger partial charge in [0.1, 0.15) is 11.5 Å². The zero-order chi connectivity index (χ0) is 29.2. The quantitative estimate of drug-likeness (QED) is 0.127. The number of nitrogens with zero attached hydrogens (tertiary/aromatic N) is 2.